The molecule has 0 spiro atoms. The third kappa shape index (κ3) is 4.31. The molecule has 1 aromatic heterocycles. The first kappa shape index (κ1) is 16.5. The van der Waals surface area contributed by atoms with Crippen LogP contribution in [0.4, 0.5) is 0 Å². The van der Waals surface area contributed by atoms with E-state index >= 15 is 0 Å². The second-order valence-electron chi connectivity index (χ2n) is 5.70. The van der Waals surface area contributed by atoms with Crippen LogP contribution in [0.3, 0.4) is 0 Å². The van der Waals surface area contributed by atoms with Crippen LogP contribution in [0.2, 0.25) is 0 Å². The Morgan fingerprint density at radius 1 is 1.19 bits per heavy atom. The molecular weight excluding hydrogens is 288 g/mol. The van der Waals surface area contributed by atoms with E-state index in [-0.39, 0.29) is 12.5 Å². The summed E-state index contributed by atoms with van der Waals surface area (Å²) in [6.07, 6.45) is 7.88. The van der Waals surface area contributed by atoms with Crippen LogP contribution in [0.5, 0.6) is 0 Å². The Bertz CT molecular complexity index is 500. The lowest BCUT2D eigenvalue weighted by atomic mass is 9.95. The number of aryl methyl sites for hydroxylation is 2. The van der Waals surface area contributed by atoms with Gasteiger partial charge in [0.15, 0.2) is 11.1 Å². The fraction of sp³-hybridized carbons (Fsp3) is 0.733. The molecule has 0 aliphatic heterocycles. The molecule has 118 valence electrons. The normalized spacial score (nSPS) is 18.4. The monoisotopic (exact) mass is 312 g/mol. The summed E-state index contributed by atoms with van der Waals surface area (Å²) in [5.41, 5.74) is 1.38. The van der Waals surface area contributed by atoms with Gasteiger partial charge >= 0.3 is 0 Å². The van der Waals surface area contributed by atoms with Crippen LogP contribution in [0.1, 0.15) is 68.1 Å². The fourth-order valence-corrected chi connectivity index (χ4v) is 3.82. The molecule has 0 amide bonds. The first-order chi connectivity index (χ1) is 10.1. The molecule has 1 unspecified atom stereocenters. The minimum atomic E-state index is -2.08. The molecule has 1 aliphatic carbocycles. The van der Waals surface area contributed by atoms with Gasteiger partial charge in [-0.15, -0.1) is 0 Å². The molecule has 2 rings (SSSR count). The van der Waals surface area contributed by atoms with Crippen molar-refractivity contribution in [2.45, 2.75) is 69.1 Å². The summed E-state index contributed by atoms with van der Waals surface area (Å²) < 4.78 is 21.5. The Hall–Kier alpha value is -0.850. The van der Waals surface area contributed by atoms with E-state index in [4.69, 9.17) is 5.11 Å². The molecule has 2 N–H and O–H groups in total. The van der Waals surface area contributed by atoms with E-state index in [9.17, 15) is 8.76 Å². The Morgan fingerprint density at radius 3 is 2.43 bits per heavy atom. The molecule has 1 aromatic rings. The van der Waals surface area contributed by atoms with Gasteiger partial charge in [-0.1, -0.05) is 25.7 Å². The Kier molecular flexibility index (Phi) is 6.26. The van der Waals surface area contributed by atoms with E-state index in [2.05, 4.69) is 9.97 Å². The average molecular weight is 312 g/mol. The van der Waals surface area contributed by atoms with E-state index in [1.165, 1.54) is 12.8 Å². The summed E-state index contributed by atoms with van der Waals surface area (Å²) in [4.78, 5) is 9.23. The third-order valence-corrected chi connectivity index (χ3v) is 4.86. The van der Waals surface area contributed by atoms with E-state index < -0.39 is 11.1 Å². The summed E-state index contributed by atoms with van der Waals surface area (Å²) in [7, 11) is 0. The molecule has 1 saturated carbocycles. The van der Waals surface area contributed by atoms with Gasteiger partial charge in [0, 0.05) is 12.5 Å². The van der Waals surface area contributed by atoms with E-state index in [1.807, 2.05) is 6.92 Å². The van der Waals surface area contributed by atoms with Gasteiger partial charge in [0.25, 0.3) is 0 Å². The predicted octanol–water partition coefficient (Wildman–Crippen LogP) is 2.73. The summed E-state index contributed by atoms with van der Waals surface area (Å²) in [6.45, 7) is 1.88. The molecule has 0 saturated heterocycles. The minimum Gasteiger partial charge on any atom is -0.396 e. The molecule has 1 fully saturated rings. The predicted molar refractivity (Wildman–Crippen MR) is 81.7 cm³/mol. The largest absolute Gasteiger partial charge is 0.396 e. The van der Waals surface area contributed by atoms with E-state index in [0.717, 1.165) is 31.4 Å². The number of aromatic nitrogens is 2. The van der Waals surface area contributed by atoms with Crippen molar-refractivity contribution in [3.63, 3.8) is 0 Å². The highest BCUT2D eigenvalue weighted by atomic mass is 32.2. The van der Waals surface area contributed by atoms with Crippen LogP contribution < -0.4 is 0 Å². The van der Waals surface area contributed by atoms with E-state index in [0.29, 0.717) is 29.3 Å². The molecule has 5 nitrogen and oxygen atoms in total. The van der Waals surface area contributed by atoms with E-state index in [1.54, 1.807) is 0 Å². The standard InChI is InChI=1S/C15H24N2O3S/c1-11-16-13(9-6-10-18)15(21(19)20)14(17-11)12-7-4-2-3-5-8-12/h12,18H,2-10H2,1H3,(H,19,20). The van der Waals surface area contributed by atoms with Crippen molar-refractivity contribution in [3.05, 3.63) is 17.2 Å². The number of aliphatic hydroxyl groups excluding tert-OH is 1. The second kappa shape index (κ2) is 7.96. The fourth-order valence-electron chi connectivity index (χ4n) is 3.08. The SMILES string of the molecule is Cc1nc(CCCO)c(S(=O)O)c(C2CCCCCC2)n1. The molecule has 0 aromatic carbocycles. The lowest BCUT2D eigenvalue weighted by molar-refractivity contribution is 0.287. The van der Waals surface area contributed by atoms with Crippen LogP contribution in [0, 0.1) is 6.92 Å². The first-order valence-electron chi connectivity index (χ1n) is 7.72. The van der Waals surface area contributed by atoms with Crippen molar-refractivity contribution in [3.8, 4) is 0 Å². The molecule has 1 atom stereocenters. The minimum absolute atomic E-state index is 0.0549. The van der Waals surface area contributed by atoms with Gasteiger partial charge in [0.1, 0.15) is 10.7 Å². The summed E-state index contributed by atoms with van der Waals surface area (Å²) >= 11 is -2.08. The summed E-state index contributed by atoms with van der Waals surface area (Å²) in [5.74, 6) is 0.907. The maximum absolute atomic E-state index is 11.8. The zero-order valence-electron chi connectivity index (χ0n) is 12.5. The van der Waals surface area contributed by atoms with Gasteiger partial charge in [0.05, 0.1) is 11.4 Å². The molecule has 6 heteroatoms. The van der Waals surface area contributed by atoms with Gasteiger partial charge in [-0.25, -0.2) is 14.2 Å². The highest BCUT2D eigenvalue weighted by Crippen LogP contribution is 2.34. The number of hydrogen-bond acceptors (Lipinski definition) is 4. The number of hydrogen-bond donors (Lipinski definition) is 2. The highest BCUT2D eigenvalue weighted by Gasteiger charge is 2.25. The van der Waals surface area contributed by atoms with Crippen LogP contribution in [-0.2, 0) is 17.5 Å². The Balaban J connectivity index is 2.41. The van der Waals surface area contributed by atoms with Crippen molar-refractivity contribution in [2.75, 3.05) is 6.61 Å². The van der Waals surface area contributed by atoms with Crippen molar-refractivity contribution in [2.24, 2.45) is 0 Å². The number of rotatable bonds is 5. The van der Waals surface area contributed by atoms with Gasteiger partial charge in [-0.2, -0.15) is 0 Å². The molecule has 1 heterocycles. The van der Waals surface area contributed by atoms with Crippen molar-refractivity contribution < 1.29 is 13.9 Å². The molecule has 21 heavy (non-hydrogen) atoms. The lowest BCUT2D eigenvalue weighted by Gasteiger charge is -2.18. The van der Waals surface area contributed by atoms with Crippen LogP contribution in [-0.4, -0.2) is 30.4 Å². The molecule has 0 radical (unpaired) electrons. The average Bonchev–Trinajstić information content (AvgIpc) is 2.72. The first-order valence-corrected chi connectivity index (χ1v) is 8.83. The maximum atomic E-state index is 11.8. The summed E-state index contributed by atoms with van der Waals surface area (Å²) in [5, 5.41) is 9.00. The highest BCUT2D eigenvalue weighted by molar-refractivity contribution is 7.79. The zero-order valence-corrected chi connectivity index (χ0v) is 13.4. The summed E-state index contributed by atoms with van der Waals surface area (Å²) in [6, 6.07) is 0. The van der Waals surface area contributed by atoms with Gasteiger partial charge in [-0.3, -0.25) is 0 Å². The molecular formula is C15H24N2O3S. The number of nitrogens with zero attached hydrogens (tertiary/aromatic N) is 2. The van der Waals surface area contributed by atoms with Crippen molar-refractivity contribution >= 4 is 11.1 Å². The topological polar surface area (TPSA) is 83.3 Å². The van der Waals surface area contributed by atoms with Gasteiger partial charge < -0.3 is 9.66 Å². The number of aliphatic hydroxyl groups is 1. The van der Waals surface area contributed by atoms with Gasteiger partial charge in [0.2, 0.25) is 0 Å². The quantitative estimate of drug-likeness (QED) is 0.645. The molecule has 1 aliphatic rings. The van der Waals surface area contributed by atoms with Crippen molar-refractivity contribution in [1.29, 1.82) is 0 Å². The lowest BCUT2D eigenvalue weighted by Crippen LogP contribution is -2.13. The second-order valence-corrected chi connectivity index (χ2v) is 6.60. The Labute approximate surface area is 128 Å². The smallest absolute Gasteiger partial charge is 0.190 e. The van der Waals surface area contributed by atoms with Crippen molar-refractivity contribution in [1.82, 2.24) is 9.97 Å². The maximum Gasteiger partial charge on any atom is 0.190 e. The van der Waals surface area contributed by atoms with Crippen LogP contribution in [0.25, 0.3) is 0 Å². The Morgan fingerprint density at radius 2 is 1.86 bits per heavy atom. The van der Waals surface area contributed by atoms with Crippen LogP contribution >= 0.6 is 0 Å². The van der Waals surface area contributed by atoms with Crippen LogP contribution in [0.15, 0.2) is 4.90 Å². The third-order valence-electron chi connectivity index (χ3n) is 4.06. The van der Waals surface area contributed by atoms with Gasteiger partial charge in [-0.05, 0) is 32.6 Å². The molecule has 0 bridgehead atoms. The zero-order chi connectivity index (χ0) is 15.2.